The van der Waals surface area contributed by atoms with Gasteiger partial charge in [0, 0.05) is 23.3 Å². The zero-order chi connectivity index (χ0) is 12.8. The highest BCUT2D eigenvalue weighted by atomic mass is 79.9. The summed E-state index contributed by atoms with van der Waals surface area (Å²) >= 11 is 3.41. The van der Waals surface area contributed by atoms with Crippen molar-refractivity contribution < 1.29 is 4.79 Å². The number of aromatic nitrogens is 2. The van der Waals surface area contributed by atoms with Crippen LogP contribution in [0.5, 0.6) is 0 Å². The lowest BCUT2D eigenvalue weighted by Crippen LogP contribution is -2.23. The van der Waals surface area contributed by atoms with Crippen LogP contribution < -0.4 is 5.32 Å². The Balaban J connectivity index is 1.75. The molecule has 94 valence electrons. The number of hydrogen-bond acceptors (Lipinski definition) is 2. The molecule has 0 unspecified atom stereocenters. The Morgan fingerprint density at radius 3 is 3.06 bits per heavy atom. The van der Waals surface area contributed by atoms with Gasteiger partial charge in [-0.25, -0.2) is 4.98 Å². The average Bonchev–Trinajstić information content (AvgIpc) is 2.87. The van der Waals surface area contributed by atoms with E-state index in [0.717, 1.165) is 22.3 Å². The minimum Gasteiger partial charge on any atom is -0.349 e. The van der Waals surface area contributed by atoms with Gasteiger partial charge in [0.15, 0.2) is 0 Å². The molecule has 2 aromatic rings. The number of nitrogens with one attached hydrogen (secondary N) is 2. The van der Waals surface area contributed by atoms with Crippen molar-refractivity contribution in [2.45, 2.75) is 19.4 Å². The van der Waals surface area contributed by atoms with Gasteiger partial charge in [-0.15, -0.1) is 0 Å². The normalized spacial score (nSPS) is 10.3. The van der Waals surface area contributed by atoms with Gasteiger partial charge < -0.3 is 10.3 Å². The first-order valence-electron chi connectivity index (χ1n) is 5.73. The quantitative estimate of drug-likeness (QED) is 0.891. The van der Waals surface area contributed by atoms with Gasteiger partial charge in [0.2, 0.25) is 5.91 Å². The monoisotopic (exact) mass is 307 g/mol. The molecule has 18 heavy (non-hydrogen) atoms. The molecule has 5 heteroatoms. The summed E-state index contributed by atoms with van der Waals surface area (Å²) < 4.78 is 1.04. The molecule has 1 amide bonds. The third-order valence-corrected chi connectivity index (χ3v) is 3.03. The Hall–Kier alpha value is -1.62. The molecule has 4 nitrogen and oxygen atoms in total. The Morgan fingerprint density at radius 1 is 1.44 bits per heavy atom. The molecule has 0 fully saturated rings. The van der Waals surface area contributed by atoms with Crippen molar-refractivity contribution in [3.05, 3.63) is 52.5 Å². The fourth-order valence-corrected chi connectivity index (χ4v) is 2.06. The topological polar surface area (TPSA) is 57.8 Å². The molecule has 2 rings (SSSR count). The third-order valence-electron chi connectivity index (χ3n) is 2.54. The maximum Gasteiger partial charge on any atom is 0.220 e. The molecule has 0 saturated heterocycles. The summed E-state index contributed by atoms with van der Waals surface area (Å²) in [4.78, 5) is 18.6. The SMILES string of the molecule is O=C(CCc1cccc(Br)c1)NCc1ncc[nH]1. The molecule has 0 aliphatic heterocycles. The van der Waals surface area contributed by atoms with E-state index in [4.69, 9.17) is 0 Å². The summed E-state index contributed by atoms with van der Waals surface area (Å²) in [5.41, 5.74) is 1.15. The molecule has 0 spiro atoms. The van der Waals surface area contributed by atoms with E-state index in [2.05, 4.69) is 31.2 Å². The molecular formula is C13H14BrN3O. The van der Waals surface area contributed by atoms with Crippen molar-refractivity contribution in [3.8, 4) is 0 Å². The average molecular weight is 308 g/mol. The number of benzene rings is 1. The Labute approximate surface area is 114 Å². The molecule has 1 heterocycles. The van der Waals surface area contributed by atoms with Crippen LogP contribution in [-0.4, -0.2) is 15.9 Å². The summed E-state index contributed by atoms with van der Waals surface area (Å²) in [7, 11) is 0. The maximum atomic E-state index is 11.6. The Bertz CT molecular complexity index is 511. The highest BCUT2D eigenvalue weighted by molar-refractivity contribution is 9.10. The molecule has 0 bridgehead atoms. The first-order valence-corrected chi connectivity index (χ1v) is 6.53. The number of carbonyl (C=O) groups excluding carboxylic acids is 1. The molecule has 0 saturated carbocycles. The van der Waals surface area contributed by atoms with Crippen molar-refractivity contribution in [2.24, 2.45) is 0 Å². The fraction of sp³-hybridized carbons (Fsp3) is 0.231. The van der Waals surface area contributed by atoms with Gasteiger partial charge in [0.25, 0.3) is 0 Å². The van der Waals surface area contributed by atoms with Crippen LogP contribution in [0.25, 0.3) is 0 Å². The van der Waals surface area contributed by atoms with E-state index in [1.165, 1.54) is 0 Å². The number of carbonyl (C=O) groups is 1. The molecule has 1 aromatic heterocycles. The molecule has 0 radical (unpaired) electrons. The number of halogens is 1. The van der Waals surface area contributed by atoms with Crippen LogP contribution in [-0.2, 0) is 17.8 Å². The van der Waals surface area contributed by atoms with E-state index in [9.17, 15) is 4.79 Å². The Kier molecular flexibility index (Phi) is 4.52. The van der Waals surface area contributed by atoms with Crippen molar-refractivity contribution in [3.63, 3.8) is 0 Å². The van der Waals surface area contributed by atoms with Crippen LogP contribution >= 0.6 is 15.9 Å². The van der Waals surface area contributed by atoms with Crippen molar-refractivity contribution in [2.75, 3.05) is 0 Å². The number of H-pyrrole nitrogens is 1. The number of hydrogen-bond donors (Lipinski definition) is 2. The molecule has 0 atom stereocenters. The largest absolute Gasteiger partial charge is 0.349 e. The number of imidazole rings is 1. The van der Waals surface area contributed by atoms with Crippen LogP contribution in [0.3, 0.4) is 0 Å². The maximum absolute atomic E-state index is 11.6. The second-order valence-electron chi connectivity index (χ2n) is 3.94. The highest BCUT2D eigenvalue weighted by Gasteiger charge is 2.03. The highest BCUT2D eigenvalue weighted by Crippen LogP contribution is 2.12. The first kappa shape index (κ1) is 12.8. The van der Waals surface area contributed by atoms with Crippen molar-refractivity contribution in [1.82, 2.24) is 15.3 Å². The van der Waals surface area contributed by atoms with Gasteiger partial charge in [0.05, 0.1) is 6.54 Å². The van der Waals surface area contributed by atoms with E-state index >= 15 is 0 Å². The lowest BCUT2D eigenvalue weighted by molar-refractivity contribution is -0.121. The fourth-order valence-electron chi connectivity index (χ4n) is 1.62. The predicted octanol–water partition coefficient (Wildman–Crippen LogP) is 2.42. The minimum absolute atomic E-state index is 0.0337. The van der Waals surface area contributed by atoms with Crippen LogP contribution in [0, 0.1) is 0 Å². The second-order valence-corrected chi connectivity index (χ2v) is 4.86. The number of rotatable bonds is 5. The standard InChI is InChI=1S/C13H14BrN3O/c14-11-3-1-2-10(8-11)4-5-13(18)17-9-12-15-6-7-16-12/h1-3,6-8H,4-5,9H2,(H,15,16)(H,17,18). The third kappa shape index (κ3) is 4.00. The van der Waals surface area contributed by atoms with Crippen LogP contribution in [0.15, 0.2) is 41.1 Å². The van der Waals surface area contributed by atoms with Crippen LogP contribution in [0.1, 0.15) is 17.8 Å². The molecule has 0 aliphatic carbocycles. The molecule has 0 aliphatic rings. The van der Waals surface area contributed by atoms with Crippen LogP contribution in [0.4, 0.5) is 0 Å². The smallest absolute Gasteiger partial charge is 0.220 e. The van der Waals surface area contributed by atoms with Crippen LogP contribution in [0.2, 0.25) is 0 Å². The van der Waals surface area contributed by atoms with Gasteiger partial charge in [-0.1, -0.05) is 28.1 Å². The van der Waals surface area contributed by atoms with E-state index in [1.54, 1.807) is 12.4 Å². The van der Waals surface area contributed by atoms with Gasteiger partial charge in [0.1, 0.15) is 5.82 Å². The summed E-state index contributed by atoms with van der Waals surface area (Å²) in [6.07, 6.45) is 4.63. The molecule has 1 aromatic carbocycles. The summed E-state index contributed by atoms with van der Waals surface area (Å²) in [5.74, 6) is 0.803. The first-order chi connectivity index (χ1) is 8.74. The van der Waals surface area contributed by atoms with Crippen molar-refractivity contribution in [1.29, 1.82) is 0 Å². The second kappa shape index (κ2) is 6.35. The lowest BCUT2D eigenvalue weighted by atomic mass is 10.1. The summed E-state index contributed by atoms with van der Waals surface area (Å²) in [6, 6.07) is 7.99. The van der Waals surface area contributed by atoms with E-state index in [1.807, 2.05) is 24.3 Å². The zero-order valence-electron chi connectivity index (χ0n) is 9.82. The van der Waals surface area contributed by atoms with Crippen molar-refractivity contribution >= 4 is 21.8 Å². The van der Waals surface area contributed by atoms with E-state index in [-0.39, 0.29) is 5.91 Å². The van der Waals surface area contributed by atoms with Gasteiger partial charge in [-0.2, -0.15) is 0 Å². The molecular weight excluding hydrogens is 294 g/mol. The zero-order valence-corrected chi connectivity index (χ0v) is 11.4. The Morgan fingerprint density at radius 2 is 2.33 bits per heavy atom. The lowest BCUT2D eigenvalue weighted by Gasteiger charge is -2.04. The van der Waals surface area contributed by atoms with Gasteiger partial charge in [-0.05, 0) is 24.1 Å². The molecule has 2 N–H and O–H groups in total. The summed E-state index contributed by atoms with van der Waals surface area (Å²) in [5, 5.41) is 2.83. The van der Waals surface area contributed by atoms with E-state index < -0.39 is 0 Å². The minimum atomic E-state index is 0.0337. The number of aromatic amines is 1. The summed E-state index contributed by atoms with van der Waals surface area (Å²) in [6.45, 7) is 0.449. The van der Waals surface area contributed by atoms with Gasteiger partial charge >= 0.3 is 0 Å². The predicted molar refractivity (Wildman–Crippen MR) is 72.9 cm³/mol. The van der Waals surface area contributed by atoms with E-state index in [0.29, 0.717) is 13.0 Å². The number of amides is 1. The number of aryl methyl sites for hydroxylation is 1. The number of nitrogens with zero attached hydrogens (tertiary/aromatic N) is 1. The van der Waals surface area contributed by atoms with Gasteiger partial charge in [-0.3, -0.25) is 4.79 Å².